The summed E-state index contributed by atoms with van der Waals surface area (Å²) in [5.74, 6) is 0. The van der Waals surface area contributed by atoms with Crippen LogP contribution >= 0.6 is 0 Å². The molecule has 0 fully saturated rings. The van der Waals surface area contributed by atoms with E-state index in [-0.39, 0.29) is 0 Å². The lowest BCUT2D eigenvalue weighted by Crippen LogP contribution is -2.47. The molecule has 0 saturated heterocycles. The summed E-state index contributed by atoms with van der Waals surface area (Å²) in [6.07, 6.45) is 5.27. The van der Waals surface area contributed by atoms with Crippen molar-refractivity contribution in [3.63, 3.8) is 0 Å². The first-order valence-corrected chi connectivity index (χ1v) is 6.01. The normalized spacial score (nSPS) is 12.0. The van der Waals surface area contributed by atoms with Gasteiger partial charge in [-0.15, -0.1) is 0 Å². The molecule has 0 aliphatic rings. The van der Waals surface area contributed by atoms with E-state index in [0.29, 0.717) is 0 Å². The molecule has 86 valence electrons. The molecule has 0 radical (unpaired) electrons. The molecule has 2 heteroatoms. The van der Waals surface area contributed by atoms with Crippen molar-refractivity contribution < 1.29 is 9.22 Å². The lowest BCUT2D eigenvalue weighted by Gasteiger charge is -2.34. The fraction of sp³-hybridized carbons (Fsp3) is 1.00. The first-order chi connectivity index (χ1) is 6.68. The molecule has 0 saturated carbocycles. The zero-order chi connectivity index (χ0) is 10.9. The summed E-state index contributed by atoms with van der Waals surface area (Å²) in [4.78, 5) is 0. The third-order valence-electron chi connectivity index (χ3n) is 2.94. The Morgan fingerprint density at radius 1 is 0.929 bits per heavy atom. The summed E-state index contributed by atoms with van der Waals surface area (Å²) in [7, 11) is 4.16. The van der Waals surface area contributed by atoms with E-state index in [1.54, 1.807) is 7.11 Å². The van der Waals surface area contributed by atoms with Crippen LogP contribution in [0.5, 0.6) is 0 Å². The van der Waals surface area contributed by atoms with Crippen LogP contribution < -0.4 is 0 Å². The maximum Gasteiger partial charge on any atom is 0.102 e. The first kappa shape index (κ1) is 13.9. The molecule has 0 unspecified atom stereocenters. The third kappa shape index (κ3) is 6.39. The Labute approximate surface area is 89.8 Å². The van der Waals surface area contributed by atoms with Crippen LogP contribution in [-0.2, 0) is 4.74 Å². The van der Waals surface area contributed by atoms with Crippen molar-refractivity contribution in [2.24, 2.45) is 0 Å². The van der Waals surface area contributed by atoms with Crippen LogP contribution in [0.1, 0.15) is 39.5 Å². The molecule has 0 atom stereocenters. The van der Waals surface area contributed by atoms with Gasteiger partial charge in [-0.25, -0.2) is 0 Å². The number of ether oxygens (including phenoxy) is 1. The number of quaternary nitrogens is 1. The molecule has 14 heavy (non-hydrogen) atoms. The van der Waals surface area contributed by atoms with Crippen molar-refractivity contribution in [3.8, 4) is 0 Å². The Kier molecular flexibility index (Phi) is 8.20. The van der Waals surface area contributed by atoms with Gasteiger partial charge in [0.25, 0.3) is 0 Å². The third-order valence-corrected chi connectivity index (χ3v) is 2.94. The number of hydrogen-bond acceptors (Lipinski definition) is 1. The Morgan fingerprint density at radius 3 is 1.79 bits per heavy atom. The van der Waals surface area contributed by atoms with Gasteiger partial charge in [0.2, 0.25) is 0 Å². The van der Waals surface area contributed by atoms with Crippen LogP contribution in [0.4, 0.5) is 0 Å². The molecule has 0 N–H and O–H groups in total. The average Bonchev–Trinajstić information content (AvgIpc) is 2.21. The number of nitrogens with zero attached hydrogens (tertiary/aromatic N) is 1. The minimum absolute atomic E-state index is 0.893. The zero-order valence-electron chi connectivity index (χ0n) is 10.5. The Balaban J connectivity index is 3.89. The number of likely N-dealkylation sites (N-methyl/N-ethyl adjacent to an activating group) is 1. The fourth-order valence-corrected chi connectivity index (χ4v) is 1.73. The Hall–Kier alpha value is -0.0800. The molecule has 0 amide bonds. The highest BCUT2D eigenvalue weighted by Crippen LogP contribution is 2.08. The molecule has 0 heterocycles. The van der Waals surface area contributed by atoms with Crippen molar-refractivity contribution in [3.05, 3.63) is 0 Å². The fourth-order valence-electron chi connectivity index (χ4n) is 1.73. The predicted octanol–water partition coefficient (Wildman–Crippen LogP) is 2.68. The smallest absolute Gasteiger partial charge is 0.102 e. The minimum Gasteiger partial charge on any atom is -0.379 e. The van der Waals surface area contributed by atoms with Crippen LogP contribution in [0.2, 0.25) is 0 Å². The van der Waals surface area contributed by atoms with Gasteiger partial charge in [-0.3, -0.25) is 0 Å². The first-order valence-electron chi connectivity index (χ1n) is 6.01. The molecule has 2 nitrogen and oxygen atoms in total. The summed E-state index contributed by atoms with van der Waals surface area (Å²) in [6, 6.07) is 0. The number of rotatable bonds is 9. The summed E-state index contributed by atoms with van der Waals surface area (Å²) >= 11 is 0. The second-order valence-electron chi connectivity index (χ2n) is 4.49. The van der Waals surface area contributed by atoms with Crippen LogP contribution in [-0.4, -0.2) is 44.9 Å². The summed E-state index contributed by atoms with van der Waals surface area (Å²) in [6.45, 7) is 9.20. The molecule has 0 spiro atoms. The van der Waals surface area contributed by atoms with Gasteiger partial charge in [0.05, 0.1) is 26.7 Å². The standard InChI is InChI=1S/C12H28NO/c1-5-7-9-13(3,10-8-6-2)11-12-14-4/h5-12H2,1-4H3/q+1. The second-order valence-corrected chi connectivity index (χ2v) is 4.49. The lowest BCUT2D eigenvalue weighted by atomic mass is 10.2. The maximum absolute atomic E-state index is 5.18. The molecule has 0 aromatic rings. The predicted molar refractivity (Wildman–Crippen MR) is 62.5 cm³/mol. The SMILES string of the molecule is CCCC[N+](C)(CCCC)CCOC. The number of methoxy groups -OCH3 is 1. The minimum atomic E-state index is 0.893. The van der Waals surface area contributed by atoms with Gasteiger partial charge < -0.3 is 9.22 Å². The largest absolute Gasteiger partial charge is 0.379 e. The van der Waals surface area contributed by atoms with E-state index < -0.39 is 0 Å². The molecular formula is C12H28NO+. The van der Waals surface area contributed by atoms with Crippen LogP contribution in [0, 0.1) is 0 Å². The van der Waals surface area contributed by atoms with E-state index in [0.717, 1.165) is 13.2 Å². The van der Waals surface area contributed by atoms with Gasteiger partial charge in [-0.1, -0.05) is 26.7 Å². The maximum atomic E-state index is 5.18. The molecule has 0 rings (SSSR count). The van der Waals surface area contributed by atoms with Crippen LogP contribution in [0.15, 0.2) is 0 Å². The monoisotopic (exact) mass is 202 g/mol. The van der Waals surface area contributed by atoms with Crippen molar-refractivity contribution in [2.75, 3.05) is 40.4 Å². The molecule has 0 bridgehead atoms. The molecule has 0 aliphatic heterocycles. The Bertz CT molecular complexity index is 104. The van der Waals surface area contributed by atoms with Gasteiger partial charge in [0.1, 0.15) is 6.54 Å². The zero-order valence-corrected chi connectivity index (χ0v) is 10.5. The van der Waals surface area contributed by atoms with E-state index in [4.69, 9.17) is 4.74 Å². The molecule has 0 aromatic carbocycles. The van der Waals surface area contributed by atoms with Gasteiger partial charge in [0, 0.05) is 7.11 Å². The van der Waals surface area contributed by atoms with E-state index in [2.05, 4.69) is 20.9 Å². The summed E-state index contributed by atoms with van der Waals surface area (Å²) in [5.41, 5.74) is 0. The van der Waals surface area contributed by atoms with Crippen LogP contribution in [0.25, 0.3) is 0 Å². The van der Waals surface area contributed by atoms with E-state index in [9.17, 15) is 0 Å². The van der Waals surface area contributed by atoms with Crippen molar-refractivity contribution >= 4 is 0 Å². The average molecular weight is 202 g/mol. The number of hydrogen-bond donors (Lipinski definition) is 0. The van der Waals surface area contributed by atoms with Crippen molar-refractivity contribution in [1.82, 2.24) is 0 Å². The van der Waals surface area contributed by atoms with Gasteiger partial charge in [-0.05, 0) is 12.8 Å². The quantitative estimate of drug-likeness (QED) is 0.522. The van der Waals surface area contributed by atoms with E-state index in [1.807, 2.05) is 0 Å². The molecule has 0 aromatic heterocycles. The van der Waals surface area contributed by atoms with Crippen molar-refractivity contribution in [2.45, 2.75) is 39.5 Å². The van der Waals surface area contributed by atoms with Crippen LogP contribution in [0.3, 0.4) is 0 Å². The highest BCUT2D eigenvalue weighted by molar-refractivity contribution is 4.42. The lowest BCUT2D eigenvalue weighted by molar-refractivity contribution is -0.910. The molecule has 0 aliphatic carbocycles. The molecular weight excluding hydrogens is 174 g/mol. The van der Waals surface area contributed by atoms with Gasteiger partial charge in [0.15, 0.2) is 0 Å². The highest BCUT2D eigenvalue weighted by Gasteiger charge is 2.19. The van der Waals surface area contributed by atoms with Gasteiger partial charge >= 0.3 is 0 Å². The summed E-state index contributed by atoms with van der Waals surface area (Å²) in [5, 5.41) is 0. The topological polar surface area (TPSA) is 9.23 Å². The van der Waals surface area contributed by atoms with E-state index >= 15 is 0 Å². The Morgan fingerprint density at radius 2 is 1.43 bits per heavy atom. The van der Waals surface area contributed by atoms with E-state index in [1.165, 1.54) is 43.3 Å². The van der Waals surface area contributed by atoms with Gasteiger partial charge in [-0.2, -0.15) is 0 Å². The van der Waals surface area contributed by atoms with Crippen molar-refractivity contribution in [1.29, 1.82) is 0 Å². The summed E-state index contributed by atoms with van der Waals surface area (Å²) < 4.78 is 6.37. The highest BCUT2D eigenvalue weighted by atomic mass is 16.5. The second kappa shape index (κ2) is 8.25. The number of unbranched alkanes of at least 4 members (excludes halogenated alkanes) is 2.